The Kier molecular flexibility index (Phi) is 5.46. The Hall–Kier alpha value is -1.66. The number of benzene rings is 2. The third-order valence-electron chi connectivity index (χ3n) is 4.09. The van der Waals surface area contributed by atoms with Crippen LogP contribution in [0.4, 0.5) is 5.69 Å². The molecule has 0 aliphatic carbocycles. The van der Waals surface area contributed by atoms with Crippen molar-refractivity contribution >= 4 is 39.8 Å². The zero-order valence-electron chi connectivity index (χ0n) is 12.9. The van der Waals surface area contributed by atoms with E-state index in [1.165, 1.54) is 16.0 Å². The molecule has 0 spiro atoms. The van der Waals surface area contributed by atoms with Gasteiger partial charge in [0.15, 0.2) is 6.54 Å². The quantitative estimate of drug-likeness (QED) is 0.735. The van der Waals surface area contributed by atoms with Crippen LogP contribution in [-0.2, 0) is 4.79 Å². The first-order chi connectivity index (χ1) is 11.2. The monoisotopic (exact) mass is 419 g/mol. The topological polar surface area (TPSA) is 33.5 Å². The minimum Gasteiger partial charge on any atom is -0.324 e. The molecule has 1 amide bonds. The van der Waals surface area contributed by atoms with Crippen molar-refractivity contribution in [3.63, 3.8) is 0 Å². The second-order valence-electron chi connectivity index (χ2n) is 5.75. The predicted octanol–water partition coefficient (Wildman–Crippen LogP) is 2.60. The molecule has 0 aromatic heterocycles. The van der Waals surface area contributed by atoms with Crippen molar-refractivity contribution in [2.75, 3.05) is 25.0 Å². The molecule has 2 aromatic rings. The Balaban J connectivity index is 1.55. The molecule has 2 N–H and O–H groups in total. The second-order valence-corrected chi connectivity index (χ2v) is 6.92. The van der Waals surface area contributed by atoms with Gasteiger partial charge in [0.25, 0.3) is 5.91 Å². The number of para-hydroxylation sites is 1. The summed E-state index contributed by atoms with van der Waals surface area (Å²) in [6.45, 7) is 2.42. The fraction of sp³-hybridized carbons (Fsp3) is 0.211. The summed E-state index contributed by atoms with van der Waals surface area (Å²) < 4.78 is 1.07. The van der Waals surface area contributed by atoms with Crippen LogP contribution < -0.4 is 10.2 Å². The van der Waals surface area contributed by atoms with Gasteiger partial charge in [0.05, 0.1) is 18.8 Å². The molecule has 1 aliphatic rings. The van der Waals surface area contributed by atoms with Gasteiger partial charge in [-0.3, -0.25) is 4.79 Å². The number of amides is 1. The SMILES string of the molecule is O=C(C[NH+]1CC=C(c2ccccc2)CC1)Nc1ccccc1I. The minimum atomic E-state index is 0.0840. The van der Waals surface area contributed by atoms with E-state index in [0.717, 1.165) is 28.8 Å². The number of quaternary nitrogens is 1. The Morgan fingerprint density at radius 3 is 2.52 bits per heavy atom. The number of nitrogens with one attached hydrogen (secondary N) is 2. The van der Waals surface area contributed by atoms with E-state index in [0.29, 0.717) is 6.54 Å². The number of carbonyl (C=O) groups excluding carboxylic acids is 1. The van der Waals surface area contributed by atoms with Crippen molar-refractivity contribution in [2.24, 2.45) is 0 Å². The molecule has 3 rings (SSSR count). The molecule has 2 aromatic carbocycles. The molecular weight excluding hydrogens is 399 g/mol. The van der Waals surface area contributed by atoms with E-state index in [9.17, 15) is 4.79 Å². The van der Waals surface area contributed by atoms with Gasteiger partial charge < -0.3 is 10.2 Å². The molecule has 0 bridgehead atoms. The fourth-order valence-electron chi connectivity index (χ4n) is 2.84. The van der Waals surface area contributed by atoms with E-state index < -0.39 is 0 Å². The number of rotatable bonds is 4. The molecular formula is C19H20IN2O+. The number of hydrogen-bond acceptors (Lipinski definition) is 1. The Morgan fingerprint density at radius 1 is 1.09 bits per heavy atom. The first-order valence-electron chi connectivity index (χ1n) is 7.85. The summed E-state index contributed by atoms with van der Waals surface area (Å²) in [5, 5.41) is 3.01. The van der Waals surface area contributed by atoms with Crippen LogP contribution in [-0.4, -0.2) is 25.5 Å². The highest BCUT2D eigenvalue weighted by atomic mass is 127. The lowest BCUT2D eigenvalue weighted by molar-refractivity contribution is -0.886. The van der Waals surface area contributed by atoms with Gasteiger partial charge in [0, 0.05) is 9.99 Å². The van der Waals surface area contributed by atoms with Crippen LogP contribution in [0, 0.1) is 3.57 Å². The highest BCUT2D eigenvalue weighted by Crippen LogP contribution is 2.18. The maximum atomic E-state index is 12.2. The summed E-state index contributed by atoms with van der Waals surface area (Å²) in [4.78, 5) is 13.5. The lowest BCUT2D eigenvalue weighted by Crippen LogP contribution is -3.13. The van der Waals surface area contributed by atoms with Crippen molar-refractivity contribution in [1.82, 2.24) is 0 Å². The Morgan fingerprint density at radius 2 is 1.83 bits per heavy atom. The van der Waals surface area contributed by atoms with Gasteiger partial charge in [0.2, 0.25) is 0 Å². The highest BCUT2D eigenvalue weighted by Gasteiger charge is 2.19. The van der Waals surface area contributed by atoms with E-state index in [2.05, 4.69) is 58.2 Å². The number of hydrogen-bond donors (Lipinski definition) is 2. The average molecular weight is 419 g/mol. The molecule has 1 aliphatic heterocycles. The summed E-state index contributed by atoms with van der Waals surface area (Å²) in [5.74, 6) is 0.0840. The van der Waals surface area contributed by atoms with Crippen molar-refractivity contribution in [2.45, 2.75) is 6.42 Å². The van der Waals surface area contributed by atoms with Gasteiger partial charge in [-0.2, -0.15) is 0 Å². The van der Waals surface area contributed by atoms with Crippen LogP contribution in [0.15, 0.2) is 60.7 Å². The molecule has 1 atom stereocenters. The van der Waals surface area contributed by atoms with Gasteiger partial charge in [-0.25, -0.2) is 0 Å². The Bertz CT molecular complexity index is 712. The van der Waals surface area contributed by atoms with Crippen molar-refractivity contribution in [3.05, 3.63) is 69.8 Å². The summed E-state index contributed by atoms with van der Waals surface area (Å²) in [5.41, 5.74) is 3.59. The van der Waals surface area contributed by atoms with E-state index in [-0.39, 0.29) is 5.91 Å². The maximum absolute atomic E-state index is 12.2. The van der Waals surface area contributed by atoms with Gasteiger partial charge in [0.1, 0.15) is 0 Å². The molecule has 1 heterocycles. The third-order valence-corrected chi connectivity index (χ3v) is 5.03. The lowest BCUT2D eigenvalue weighted by Gasteiger charge is -2.23. The smallest absolute Gasteiger partial charge is 0.279 e. The van der Waals surface area contributed by atoms with Crippen LogP contribution in [0.25, 0.3) is 5.57 Å². The van der Waals surface area contributed by atoms with E-state index in [1.54, 1.807) is 0 Å². The van der Waals surface area contributed by atoms with Crippen LogP contribution in [0.5, 0.6) is 0 Å². The van der Waals surface area contributed by atoms with Crippen molar-refractivity contribution in [1.29, 1.82) is 0 Å². The number of halogens is 1. The predicted molar refractivity (Wildman–Crippen MR) is 102 cm³/mol. The molecule has 1 unspecified atom stereocenters. The van der Waals surface area contributed by atoms with E-state index in [1.807, 2.05) is 30.3 Å². The van der Waals surface area contributed by atoms with Gasteiger partial charge >= 0.3 is 0 Å². The molecule has 0 saturated heterocycles. The largest absolute Gasteiger partial charge is 0.324 e. The number of anilines is 1. The molecule has 23 heavy (non-hydrogen) atoms. The van der Waals surface area contributed by atoms with Crippen LogP contribution in [0.2, 0.25) is 0 Å². The molecule has 0 radical (unpaired) electrons. The Labute approximate surface area is 150 Å². The minimum absolute atomic E-state index is 0.0840. The first kappa shape index (κ1) is 16.2. The molecule has 3 nitrogen and oxygen atoms in total. The van der Waals surface area contributed by atoms with E-state index in [4.69, 9.17) is 0 Å². The third kappa shape index (κ3) is 4.42. The second kappa shape index (κ2) is 7.75. The zero-order valence-corrected chi connectivity index (χ0v) is 15.0. The number of carbonyl (C=O) groups is 1. The summed E-state index contributed by atoms with van der Waals surface area (Å²) in [7, 11) is 0. The van der Waals surface area contributed by atoms with Crippen LogP contribution in [0.3, 0.4) is 0 Å². The van der Waals surface area contributed by atoms with Gasteiger partial charge in [-0.05, 0) is 51.9 Å². The fourth-order valence-corrected chi connectivity index (χ4v) is 3.36. The highest BCUT2D eigenvalue weighted by molar-refractivity contribution is 14.1. The summed E-state index contributed by atoms with van der Waals surface area (Å²) >= 11 is 2.24. The lowest BCUT2D eigenvalue weighted by atomic mass is 10.00. The normalized spacial score (nSPS) is 17.4. The molecule has 118 valence electrons. The molecule has 0 fully saturated rings. The standard InChI is InChI=1S/C19H19IN2O/c20-17-8-4-5-9-18(17)21-19(23)14-22-12-10-16(11-13-22)15-6-2-1-3-7-15/h1-10H,11-14H2,(H,21,23)/p+1. The molecule has 0 saturated carbocycles. The average Bonchev–Trinajstić information content (AvgIpc) is 2.58. The first-order valence-corrected chi connectivity index (χ1v) is 8.92. The van der Waals surface area contributed by atoms with Crippen LogP contribution >= 0.6 is 22.6 Å². The van der Waals surface area contributed by atoms with Crippen LogP contribution in [0.1, 0.15) is 12.0 Å². The van der Waals surface area contributed by atoms with E-state index >= 15 is 0 Å². The summed E-state index contributed by atoms with van der Waals surface area (Å²) in [6.07, 6.45) is 3.29. The zero-order chi connectivity index (χ0) is 16.1. The van der Waals surface area contributed by atoms with Crippen molar-refractivity contribution < 1.29 is 9.69 Å². The maximum Gasteiger partial charge on any atom is 0.279 e. The van der Waals surface area contributed by atoms with Gasteiger partial charge in [-0.1, -0.05) is 42.5 Å². The summed E-state index contributed by atoms with van der Waals surface area (Å²) in [6, 6.07) is 18.4. The molecule has 4 heteroatoms. The van der Waals surface area contributed by atoms with Gasteiger partial charge in [-0.15, -0.1) is 0 Å². The van der Waals surface area contributed by atoms with Crippen molar-refractivity contribution in [3.8, 4) is 0 Å².